The number of nitrogens with one attached hydrogen (secondary N) is 2. The lowest BCUT2D eigenvalue weighted by Gasteiger charge is -2.31. The normalized spacial score (nSPS) is 20.8. The predicted molar refractivity (Wildman–Crippen MR) is 122 cm³/mol. The van der Waals surface area contributed by atoms with E-state index in [-0.39, 0.29) is 18.4 Å². The molecule has 3 rings (SSSR count). The monoisotopic (exact) mass is 474 g/mol. The Morgan fingerprint density at radius 1 is 1.03 bits per heavy atom. The van der Waals surface area contributed by atoms with Gasteiger partial charge in [-0.3, -0.25) is 24.5 Å². The molecular weight excluding hydrogens is 440 g/mol. The number of rotatable bonds is 8. The van der Waals surface area contributed by atoms with Gasteiger partial charge >= 0.3 is 6.09 Å². The minimum absolute atomic E-state index is 0.109. The Balaban J connectivity index is 1.63. The van der Waals surface area contributed by atoms with Gasteiger partial charge in [-0.25, -0.2) is 10.3 Å². The Hall–Kier alpha value is -3.14. The number of carbonyl (C=O) groups is 4. The molecule has 0 aliphatic carbocycles. The zero-order chi connectivity index (χ0) is 24.7. The number of nitrogens with zero attached hydrogens (tertiary/aromatic N) is 2. The van der Waals surface area contributed by atoms with Crippen LogP contribution in [0.15, 0.2) is 30.3 Å². The number of benzene rings is 1. The molecule has 0 unspecified atom stereocenters. The number of ether oxygens (including phenoxy) is 1. The predicted octanol–water partition coefficient (Wildman–Crippen LogP) is 1.81. The van der Waals surface area contributed by atoms with Gasteiger partial charge in [-0.1, -0.05) is 44.2 Å². The molecule has 186 valence electrons. The van der Waals surface area contributed by atoms with Crippen LogP contribution in [0.2, 0.25) is 0 Å². The topological polar surface area (TPSA) is 128 Å². The van der Waals surface area contributed by atoms with Crippen LogP contribution in [0, 0.1) is 5.92 Å². The standard InChI is InChI=1S/C24H34N4O6/c1-16(2)14-18(21(29)26-33)25-22(30)19-10-6-12-27(19)23(31)20-11-7-13-28(20)24(32)34-15-17-8-4-3-5-9-17/h3-5,8-9,16,18-20,33H,6-7,10-15H2,1-2H3,(H,25,30)(H,26,29)/t18-,19+,20+/m1/s1. The minimum Gasteiger partial charge on any atom is -0.445 e. The van der Waals surface area contributed by atoms with E-state index in [4.69, 9.17) is 9.94 Å². The molecule has 2 aliphatic rings. The smallest absolute Gasteiger partial charge is 0.410 e. The van der Waals surface area contributed by atoms with E-state index in [9.17, 15) is 19.2 Å². The highest BCUT2D eigenvalue weighted by molar-refractivity contribution is 5.94. The number of hydrogen-bond donors (Lipinski definition) is 3. The van der Waals surface area contributed by atoms with E-state index in [1.807, 2.05) is 44.2 Å². The molecule has 10 nitrogen and oxygen atoms in total. The van der Waals surface area contributed by atoms with E-state index in [2.05, 4.69) is 5.32 Å². The molecule has 4 amide bonds. The van der Waals surface area contributed by atoms with Crippen molar-refractivity contribution in [2.75, 3.05) is 13.1 Å². The van der Waals surface area contributed by atoms with Crippen LogP contribution in [-0.2, 0) is 25.7 Å². The first kappa shape index (κ1) is 25.5. The fourth-order valence-electron chi connectivity index (χ4n) is 4.59. The van der Waals surface area contributed by atoms with Crippen LogP contribution in [0.1, 0.15) is 51.5 Å². The number of carbonyl (C=O) groups excluding carboxylic acids is 4. The third-order valence-corrected chi connectivity index (χ3v) is 6.27. The van der Waals surface area contributed by atoms with Crippen molar-refractivity contribution in [1.29, 1.82) is 0 Å². The molecule has 2 fully saturated rings. The summed E-state index contributed by atoms with van der Waals surface area (Å²) >= 11 is 0. The highest BCUT2D eigenvalue weighted by Gasteiger charge is 2.43. The Morgan fingerprint density at radius 2 is 1.68 bits per heavy atom. The lowest BCUT2D eigenvalue weighted by Crippen LogP contribution is -2.56. The second-order valence-corrected chi connectivity index (χ2v) is 9.25. The van der Waals surface area contributed by atoms with Crippen molar-refractivity contribution in [1.82, 2.24) is 20.6 Å². The van der Waals surface area contributed by atoms with Crippen LogP contribution in [0.3, 0.4) is 0 Å². The highest BCUT2D eigenvalue weighted by atomic mass is 16.6. The van der Waals surface area contributed by atoms with Crippen molar-refractivity contribution in [3.8, 4) is 0 Å². The third kappa shape index (κ3) is 6.25. The molecule has 2 aliphatic heterocycles. The second-order valence-electron chi connectivity index (χ2n) is 9.25. The minimum atomic E-state index is -0.897. The lowest BCUT2D eigenvalue weighted by molar-refractivity contribution is -0.143. The average molecular weight is 475 g/mol. The summed E-state index contributed by atoms with van der Waals surface area (Å²) in [7, 11) is 0. The summed E-state index contributed by atoms with van der Waals surface area (Å²) in [6.07, 6.45) is 2.11. The van der Waals surface area contributed by atoms with E-state index in [0.717, 1.165) is 5.56 Å². The third-order valence-electron chi connectivity index (χ3n) is 6.27. The zero-order valence-corrected chi connectivity index (χ0v) is 19.7. The van der Waals surface area contributed by atoms with Gasteiger partial charge in [-0.2, -0.15) is 0 Å². The van der Waals surface area contributed by atoms with Gasteiger partial charge in [0, 0.05) is 13.1 Å². The van der Waals surface area contributed by atoms with Crippen molar-refractivity contribution < 1.29 is 29.1 Å². The van der Waals surface area contributed by atoms with Gasteiger partial charge in [0.15, 0.2) is 0 Å². The molecule has 0 bridgehead atoms. The molecule has 0 radical (unpaired) electrons. The van der Waals surface area contributed by atoms with Crippen LogP contribution >= 0.6 is 0 Å². The highest BCUT2D eigenvalue weighted by Crippen LogP contribution is 2.26. The maximum absolute atomic E-state index is 13.4. The summed E-state index contributed by atoms with van der Waals surface area (Å²) in [5.41, 5.74) is 2.45. The largest absolute Gasteiger partial charge is 0.445 e. The van der Waals surface area contributed by atoms with Crippen molar-refractivity contribution in [3.05, 3.63) is 35.9 Å². The van der Waals surface area contributed by atoms with Crippen molar-refractivity contribution in [3.63, 3.8) is 0 Å². The summed E-state index contributed by atoms with van der Waals surface area (Å²) in [5, 5.41) is 11.7. The molecule has 34 heavy (non-hydrogen) atoms. The van der Waals surface area contributed by atoms with E-state index in [1.165, 1.54) is 9.80 Å². The SMILES string of the molecule is CC(C)C[C@@H](NC(=O)[C@@H]1CCCN1C(=O)[C@@H]1CCCN1C(=O)OCc1ccccc1)C(=O)NO. The molecule has 3 N–H and O–H groups in total. The van der Waals surface area contributed by atoms with Gasteiger partial charge in [0.1, 0.15) is 24.7 Å². The quantitative estimate of drug-likeness (QED) is 0.389. The molecule has 0 saturated carbocycles. The molecular formula is C24H34N4O6. The molecule has 2 heterocycles. The molecule has 0 aromatic heterocycles. The summed E-state index contributed by atoms with van der Waals surface area (Å²) in [6.45, 7) is 4.75. The van der Waals surface area contributed by atoms with Gasteiger partial charge in [0.2, 0.25) is 11.8 Å². The van der Waals surface area contributed by atoms with Crippen LogP contribution in [0.4, 0.5) is 4.79 Å². The van der Waals surface area contributed by atoms with E-state index in [1.54, 1.807) is 5.48 Å². The van der Waals surface area contributed by atoms with Crippen LogP contribution in [0.5, 0.6) is 0 Å². The summed E-state index contributed by atoms with van der Waals surface area (Å²) in [5.74, 6) is -1.30. The molecule has 10 heteroatoms. The van der Waals surface area contributed by atoms with Gasteiger partial charge < -0.3 is 15.0 Å². The average Bonchev–Trinajstić information content (AvgIpc) is 3.51. The first-order valence-corrected chi connectivity index (χ1v) is 11.8. The molecule has 1 aromatic carbocycles. The molecule has 0 spiro atoms. The van der Waals surface area contributed by atoms with E-state index in [0.29, 0.717) is 45.2 Å². The van der Waals surface area contributed by atoms with E-state index < -0.39 is 36.0 Å². The van der Waals surface area contributed by atoms with Crippen molar-refractivity contribution in [2.45, 2.75) is 70.7 Å². The summed E-state index contributed by atoms with van der Waals surface area (Å²) in [4.78, 5) is 54.0. The zero-order valence-electron chi connectivity index (χ0n) is 19.7. The van der Waals surface area contributed by atoms with Gasteiger partial charge in [-0.15, -0.1) is 0 Å². The molecule has 1 aromatic rings. The maximum Gasteiger partial charge on any atom is 0.410 e. The van der Waals surface area contributed by atoms with Crippen molar-refractivity contribution >= 4 is 23.8 Å². The summed E-state index contributed by atoms with van der Waals surface area (Å²) < 4.78 is 5.43. The Bertz CT molecular complexity index is 877. The number of likely N-dealkylation sites (tertiary alicyclic amines) is 2. The number of hydrogen-bond acceptors (Lipinski definition) is 6. The molecule has 3 atom stereocenters. The van der Waals surface area contributed by atoms with Crippen molar-refractivity contribution in [2.24, 2.45) is 5.92 Å². The van der Waals surface area contributed by atoms with Gasteiger partial charge in [-0.05, 0) is 43.6 Å². The van der Waals surface area contributed by atoms with Crippen LogP contribution in [0.25, 0.3) is 0 Å². The maximum atomic E-state index is 13.4. The fraction of sp³-hybridized carbons (Fsp3) is 0.583. The van der Waals surface area contributed by atoms with Crippen LogP contribution in [-0.4, -0.2) is 70.0 Å². The lowest BCUT2D eigenvalue weighted by atomic mass is 10.0. The van der Waals surface area contributed by atoms with E-state index >= 15 is 0 Å². The Kier molecular flexibility index (Phi) is 8.86. The first-order valence-electron chi connectivity index (χ1n) is 11.8. The van der Waals surface area contributed by atoms with Crippen LogP contribution < -0.4 is 10.8 Å². The number of hydroxylamine groups is 1. The second kappa shape index (κ2) is 11.8. The Morgan fingerprint density at radius 3 is 2.32 bits per heavy atom. The first-order chi connectivity index (χ1) is 16.3. The Labute approximate surface area is 199 Å². The summed E-state index contributed by atoms with van der Waals surface area (Å²) in [6, 6.07) is 7.02. The van der Waals surface area contributed by atoms with Gasteiger partial charge in [0.25, 0.3) is 5.91 Å². The molecule has 2 saturated heterocycles. The fourth-order valence-corrected chi connectivity index (χ4v) is 4.59. The van der Waals surface area contributed by atoms with Gasteiger partial charge in [0.05, 0.1) is 0 Å². The number of amides is 4.